The zero-order chi connectivity index (χ0) is 27.0. The van der Waals surface area contributed by atoms with Crippen LogP contribution in [0.1, 0.15) is 33.3 Å². The van der Waals surface area contributed by atoms with Crippen LogP contribution in [0.15, 0.2) is 41.2 Å². The third kappa shape index (κ3) is 5.81. The van der Waals surface area contributed by atoms with Gasteiger partial charge in [-0.25, -0.2) is 8.78 Å². The molecule has 2 saturated heterocycles. The summed E-state index contributed by atoms with van der Waals surface area (Å²) in [6.45, 7) is 15.2. The standard InChI is InChI=1S/C29H41F2N5O2/c1-19-14-35(24(13-32-19)15-34-7-8-38-17-20(34)2)16-27(37)36-18-29(3,4)28-26(36)10-21(12-33-28)9-22-5-6-23(30)11-25(22)31/h5-6,10-11,19-20,24,32-33H,7-9,12-18H2,1-4H3/t19-,20-,24-/m1/s1. The number of carbonyl (C=O) groups excluding carboxylic acids is 1. The molecule has 0 saturated carbocycles. The zero-order valence-electron chi connectivity index (χ0n) is 23.0. The fraction of sp³-hybridized carbons (Fsp3) is 0.621. The van der Waals surface area contributed by atoms with E-state index in [1.54, 1.807) is 0 Å². The van der Waals surface area contributed by atoms with Crippen molar-refractivity contribution < 1.29 is 18.3 Å². The van der Waals surface area contributed by atoms with E-state index in [4.69, 9.17) is 4.74 Å². The van der Waals surface area contributed by atoms with E-state index in [0.29, 0.717) is 43.7 Å². The van der Waals surface area contributed by atoms with Gasteiger partial charge in [0.2, 0.25) is 5.91 Å². The largest absolute Gasteiger partial charge is 0.382 e. The predicted octanol–water partition coefficient (Wildman–Crippen LogP) is 2.50. The number of amides is 1. The number of nitrogens with one attached hydrogen (secondary N) is 2. The molecule has 2 fully saturated rings. The van der Waals surface area contributed by atoms with Crippen LogP contribution in [0.2, 0.25) is 0 Å². The summed E-state index contributed by atoms with van der Waals surface area (Å²) >= 11 is 0. The molecule has 2 N–H and O–H groups in total. The summed E-state index contributed by atoms with van der Waals surface area (Å²) in [4.78, 5) is 20.6. The molecule has 9 heteroatoms. The molecule has 4 aliphatic heterocycles. The van der Waals surface area contributed by atoms with Crippen molar-refractivity contribution in [2.45, 2.75) is 52.2 Å². The fourth-order valence-electron chi connectivity index (χ4n) is 6.18. The molecule has 3 atom stereocenters. The molecule has 0 spiro atoms. The molecule has 38 heavy (non-hydrogen) atoms. The number of benzene rings is 1. The molecule has 0 radical (unpaired) electrons. The molecular formula is C29H41F2N5O2. The highest BCUT2D eigenvalue weighted by Gasteiger charge is 2.42. The quantitative estimate of drug-likeness (QED) is 0.591. The number of ether oxygens (including phenoxy) is 1. The summed E-state index contributed by atoms with van der Waals surface area (Å²) < 4.78 is 33.3. The molecule has 1 amide bonds. The second-order valence-corrected chi connectivity index (χ2v) is 12.0. The van der Waals surface area contributed by atoms with Crippen molar-refractivity contribution in [3.8, 4) is 0 Å². The highest BCUT2D eigenvalue weighted by molar-refractivity contribution is 5.82. The van der Waals surface area contributed by atoms with Crippen molar-refractivity contribution in [2.24, 2.45) is 5.41 Å². The third-order valence-electron chi connectivity index (χ3n) is 8.36. The Labute approximate surface area is 224 Å². The first-order chi connectivity index (χ1) is 18.1. The number of hydrogen-bond donors (Lipinski definition) is 2. The molecule has 208 valence electrons. The molecule has 7 nitrogen and oxygen atoms in total. The van der Waals surface area contributed by atoms with Gasteiger partial charge in [0.05, 0.1) is 25.5 Å². The minimum absolute atomic E-state index is 0.0875. The van der Waals surface area contributed by atoms with Gasteiger partial charge in [-0.15, -0.1) is 0 Å². The average Bonchev–Trinajstić information content (AvgIpc) is 3.14. The second kappa shape index (κ2) is 11.0. The smallest absolute Gasteiger partial charge is 0.241 e. The van der Waals surface area contributed by atoms with Crippen LogP contribution in [-0.2, 0) is 16.0 Å². The van der Waals surface area contributed by atoms with Crippen LogP contribution in [0.25, 0.3) is 0 Å². The SMILES string of the molecule is C[C@@H]1CN(CC(=O)N2CC(C)(C)C3=C2C=C(Cc2ccc(F)cc2F)CN3)[C@@H](CN2CCOC[C@H]2C)CN1. The zero-order valence-corrected chi connectivity index (χ0v) is 23.0. The molecule has 1 aromatic rings. The monoisotopic (exact) mass is 529 g/mol. The Balaban J connectivity index is 1.32. The number of piperazine rings is 1. The van der Waals surface area contributed by atoms with E-state index in [1.807, 2.05) is 11.0 Å². The number of carbonyl (C=O) groups is 1. The number of rotatable bonds is 6. The number of dihydropyridines is 1. The Bertz CT molecular complexity index is 1120. The third-order valence-corrected chi connectivity index (χ3v) is 8.36. The fourth-order valence-corrected chi connectivity index (χ4v) is 6.18. The van der Waals surface area contributed by atoms with Gasteiger partial charge in [0.15, 0.2) is 0 Å². The van der Waals surface area contributed by atoms with Crippen LogP contribution in [0.4, 0.5) is 8.78 Å². The van der Waals surface area contributed by atoms with Crippen molar-refractivity contribution in [3.05, 3.63) is 58.4 Å². The molecule has 5 rings (SSSR count). The van der Waals surface area contributed by atoms with Gasteiger partial charge in [-0.2, -0.15) is 0 Å². The topological polar surface area (TPSA) is 60.1 Å². The minimum atomic E-state index is -0.579. The Morgan fingerprint density at radius 1 is 1.21 bits per heavy atom. The number of hydrogen-bond acceptors (Lipinski definition) is 6. The van der Waals surface area contributed by atoms with Gasteiger partial charge in [-0.1, -0.05) is 19.9 Å². The van der Waals surface area contributed by atoms with Crippen LogP contribution >= 0.6 is 0 Å². The molecule has 0 bridgehead atoms. The van der Waals surface area contributed by atoms with E-state index in [2.05, 4.69) is 48.1 Å². The summed E-state index contributed by atoms with van der Waals surface area (Å²) in [7, 11) is 0. The van der Waals surface area contributed by atoms with Gasteiger partial charge < -0.3 is 20.3 Å². The van der Waals surface area contributed by atoms with E-state index in [-0.39, 0.29) is 17.4 Å². The van der Waals surface area contributed by atoms with E-state index in [9.17, 15) is 13.6 Å². The van der Waals surface area contributed by atoms with Crippen molar-refractivity contribution >= 4 is 5.91 Å². The highest BCUT2D eigenvalue weighted by Crippen LogP contribution is 2.40. The number of allylic oxidation sites excluding steroid dienone is 1. The normalized spacial score (nSPS) is 28.2. The summed E-state index contributed by atoms with van der Waals surface area (Å²) in [5, 5.41) is 7.11. The van der Waals surface area contributed by atoms with Gasteiger partial charge in [0, 0.05) is 74.6 Å². The Morgan fingerprint density at radius 2 is 2.03 bits per heavy atom. The molecule has 0 aliphatic carbocycles. The van der Waals surface area contributed by atoms with Crippen LogP contribution < -0.4 is 10.6 Å². The lowest BCUT2D eigenvalue weighted by atomic mass is 9.89. The summed E-state index contributed by atoms with van der Waals surface area (Å²) in [5.74, 6) is -1.03. The maximum absolute atomic E-state index is 14.3. The Morgan fingerprint density at radius 3 is 2.79 bits per heavy atom. The Hall–Kier alpha value is -2.33. The minimum Gasteiger partial charge on any atom is -0.382 e. The summed E-state index contributed by atoms with van der Waals surface area (Å²) in [5.41, 5.74) is 3.16. The first kappa shape index (κ1) is 27.2. The summed E-state index contributed by atoms with van der Waals surface area (Å²) in [6, 6.07) is 4.65. The van der Waals surface area contributed by atoms with Crippen molar-refractivity contribution in [1.29, 1.82) is 0 Å². The molecule has 0 aromatic heterocycles. The highest BCUT2D eigenvalue weighted by atomic mass is 19.1. The lowest BCUT2D eigenvalue weighted by Crippen LogP contribution is -2.62. The molecule has 1 aromatic carbocycles. The van der Waals surface area contributed by atoms with E-state index >= 15 is 0 Å². The van der Waals surface area contributed by atoms with Gasteiger partial charge in [-0.3, -0.25) is 14.6 Å². The molecule has 4 aliphatic rings. The number of halogens is 2. The molecule has 0 unspecified atom stereocenters. The predicted molar refractivity (Wildman–Crippen MR) is 143 cm³/mol. The number of morpholine rings is 1. The second-order valence-electron chi connectivity index (χ2n) is 12.0. The first-order valence-electron chi connectivity index (χ1n) is 13.8. The van der Waals surface area contributed by atoms with Crippen LogP contribution in [-0.4, -0.2) is 97.8 Å². The van der Waals surface area contributed by atoms with Crippen molar-refractivity contribution in [2.75, 3.05) is 59.0 Å². The molecule has 4 heterocycles. The van der Waals surface area contributed by atoms with Gasteiger partial charge in [-0.05, 0) is 43.5 Å². The number of nitrogens with zero attached hydrogens (tertiary/aromatic N) is 3. The maximum Gasteiger partial charge on any atom is 0.241 e. The van der Waals surface area contributed by atoms with Crippen LogP contribution in [0.3, 0.4) is 0 Å². The van der Waals surface area contributed by atoms with Crippen molar-refractivity contribution in [1.82, 2.24) is 25.3 Å². The molecular weight excluding hydrogens is 488 g/mol. The van der Waals surface area contributed by atoms with E-state index in [1.165, 1.54) is 12.1 Å². The van der Waals surface area contributed by atoms with Crippen LogP contribution in [0.5, 0.6) is 0 Å². The Kier molecular flexibility index (Phi) is 7.91. The van der Waals surface area contributed by atoms with Gasteiger partial charge in [0.25, 0.3) is 0 Å². The average molecular weight is 530 g/mol. The van der Waals surface area contributed by atoms with Crippen molar-refractivity contribution in [3.63, 3.8) is 0 Å². The van der Waals surface area contributed by atoms with Gasteiger partial charge in [0.1, 0.15) is 11.6 Å². The van der Waals surface area contributed by atoms with Gasteiger partial charge >= 0.3 is 0 Å². The van der Waals surface area contributed by atoms with E-state index < -0.39 is 11.6 Å². The van der Waals surface area contributed by atoms with Crippen LogP contribution in [0, 0.1) is 17.0 Å². The maximum atomic E-state index is 14.3. The van der Waals surface area contributed by atoms with E-state index in [0.717, 1.165) is 62.4 Å². The lowest BCUT2D eigenvalue weighted by Gasteiger charge is -2.43. The first-order valence-corrected chi connectivity index (χ1v) is 13.8. The lowest BCUT2D eigenvalue weighted by molar-refractivity contribution is -0.131. The summed E-state index contributed by atoms with van der Waals surface area (Å²) in [6.07, 6.45) is 2.40.